The number of aromatic nitrogens is 3. The maximum absolute atomic E-state index is 11.5. The summed E-state index contributed by atoms with van der Waals surface area (Å²) in [6, 6.07) is 4.60. The van der Waals surface area contributed by atoms with Crippen molar-refractivity contribution >= 4 is 22.4 Å². The van der Waals surface area contributed by atoms with E-state index in [9.17, 15) is 10.0 Å². The van der Waals surface area contributed by atoms with Crippen LogP contribution in [0.2, 0.25) is 0 Å². The fraction of sp³-hybridized carbons (Fsp3) is 0. The molecule has 0 atom stereocenters. The van der Waals surface area contributed by atoms with Gasteiger partial charge in [-0.2, -0.15) is 4.73 Å². The van der Waals surface area contributed by atoms with Crippen molar-refractivity contribution in [1.29, 1.82) is 0 Å². The summed E-state index contributed by atoms with van der Waals surface area (Å²) in [7, 11) is 0. The summed E-state index contributed by atoms with van der Waals surface area (Å²) in [5.74, 6) is -0.498. The normalized spacial score (nSPS) is 9.87. The van der Waals surface area contributed by atoms with Crippen LogP contribution in [0.4, 0.5) is 5.13 Å². The lowest BCUT2D eigenvalue weighted by molar-refractivity contribution is -0.607. The SMILES string of the molecule is O=C(Nc1nncs1)c1cccc[n+]1[O-]. The Balaban J connectivity index is 2.19. The molecule has 2 aromatic heterocycles. The number of hydrogen-bond acceptors (Lipinski definition) is 5. The van der Waals surface area contributed by atoms with Crippen LogP contribution in [0.3, 0.4) is 0 Å². The summed E-state index contributed by atoms with van der Waals surface area (Å²) in [6.07, 6.45) is 1.26. The van der Waals surface area contributed by atoms with E-state index in [0.29, 0.717) is 9.86 Å². The van der Waals surface area contributed by atoms with Crippen LogP contribution in [0.15, 0.2) is 29.9 Å². The molecule has 2 aromatic rings. The number of carbonyl (C=O) groups excluding carboxylic acids is 1. The van der Waals surface area contributed by atoms with Crippen molar-refractivity contribution in [2.75, 3.05) is 5.32 Å². The summed E-state index contributed by atoms with van der Waals surface area (Å²) < 4.78 is 0.496. The number of amides is 1. The second kappa shape index (κ2) is 4.01. The third-order valence-corrected chi connectivity index (χ3v) is 2.24. The monoisotopic (exact) mass is 222 g/mol. The first-order valence-electron chi connectivity index (χ1n) is 4.03. The average Bonchev–Trinajstić information content (AvgIpc) is 2.71. The third kappa shape index (κ3) is 2.08. The van der Waals surface area contributed by atoms with Crippen molar-refractivity contribution < 1.29 is 9.52 Å². The number of rotatable bonds is 2. The first kappa shape index (κ1) is 9.53. The molecule has 2 rings (SSSR count). The molecule has 0 spiro atoms. The van der Waals surface area contributed by atoms with E-state index in [0.717, 1.165) is 0 Å². The largest absolute Gasteiger partial charge is 0.618 e. The highest BCUT2D eigenvalue weighted by Gasteiger charge is 2.15. The van der Waals surface area contributed by atoms with Gasteiger partial charge in [-0.1, -0.05) is 11.3 Å². The summed E-state index contributed by atoms with van der Waals surface area (Å²) >= 11 is 1.19. The zero-order valence-electron chi connectivity index (χ0n) is 7.45. The highest BCUT2D eigenvalue weighted by Crippen LogP contribution is 2.08. The van der Waals surface area contributed by atoms with Gasteiger partial charge >= 0.3 is 5.91 Å². The Morgan fingerprint density at radius 2 is 2.40 bits per heavy atom. The molecule has 15 heavy (non-hydrogen) atoms. The minimum absolute atomic E-state index is 0.0210. The number of hydrogen-bond donors (Lipinski definition) is 1. The molecule has 6 nitrogen and oxygen atoms in total. The molecule has 0 bridgehead atoms. The minimum Gasteiger partial charge on any atom is -0.618 e. The van der Waals surface area contributed by atoms with Crippen LogP contribution in [0.25, 0.3) is 0 Å². The van der Waals surface area contributed by atoms with Gasteiger partial charge in [-0.05, 0) is 6.07 Å². The van der Waals surface area contributed by atoms with Crippen LogP contribution in [0, 0.1) is 5.21 Å². The second-order valence-corrected chi connectivity index (χ2v) is 3.44. The van der Waals surface area contributed by atoms with Crippen molar-refractivity contribution in [2.24, 2.45) is 0 Å². The highest BCUT2D eigenvalue weighted by molar-refractivity contribution is 7.13. The van der Waals surface area contributed by atoms with E-state index in [-0.39, 0.29) is 5.69 Å². The van der Waals surface area contributed by atoms with E-state index in [1.165, 1.54) is 29.1 Å². The highest BCUT2D eigenvalue weighted by atomic mass is 32.1. The van der Waals surface area contributed by atoms with E-state index in [1.54, 1.807) is 12.1 Å². The molecule has 0 aliphatic rings. The topological polar surface area (TPSA) is 81.8 Å². The molecular formula is C8H6N4O2S. The van der Waals surface area contributed by atoms with Gasteiger partial charge in [0.25, 0.3) is 5.69 Å². The Morgan fingerprint density at radius 3 is 3.07 bits per heavy atom. The molecule has 0 unspecified atom stereocenters. The van der Waals surface area contributed by atoms with E-state index < -0.39 is 5.91 Å². The molecule has 0 radical (unpaired) electrons. The van der Waals surface area contributed by atoms with Gasteiger partial charge in [0.15, 0.2) is 6.20 Å². The number of nitrogens with one attached hydrogen (secondary N) is 1. The number of carbonyl (C=O) groups is 1. The minimum atomic E-state index is -0.498. The van der Waals surface area contributed by atoms with Gasteiger partial charge in [-0.3, -0.25) is 10.1 Å². The lowest BCUT2D eigenvalue weighted by Crippen LogP contribution is -2.36. The van der Waals surface area contributed by atoms with Crippen LogP contribution in [-0.4, -0.2) is 16.1 Å². The van der Waals surface area contributed by atoms with Gasteiger partial charge in [0.1, 0.15) is 5.51 Å². The van der Waals surface area contributed by atoms with Gasteiger partial charge in [0.05, 0.1) is 0 Å². The fourth-order valence-electron chi connectivity index (χ4n) is 0.993. The van der Waals surface area contributed by atoms with Crippen molar-refractivity contribution in [2.45, 2.75) is 0 Å². The molecule has 1 amide bonds. The summed E-state index contributed by atoms with van der Waals surface area (Å²) in [4.78, 5) is 11.5. The molecular weight excluding hydrogens is 216 g/mol. The molecule has 76 valence electrons. The zero-order valence-corrected chi connectivity index (χ0v) is 8.27. The molecule has 0 aliphatic heterocycles. The molecule has 0 saturated carbocycles. The van der Waals surface area contributed by atoms with Gasteiger partial charge in [-0.15, -0.1) is 10.2 Å². The average molecular weight is 222 g/mol. The van der Waals surface area contributed by atoms with Gasteiger partial charge in [0, 0.05) is 12.1 Å². The molecule has 0 aliphatic carbocycles. The zero-order chi connectivity index (χ0) is 10.7. The Kier molecular flexibility index (Phi) is 2.55. The van der Waals surface area contributed by atoms with Crippen LogP contribution < -0.4 is 10.0 Å². The predicted octanol–water partition coefficient (Wildman–Crippen LogP) is 0.424. The quantitative estimate of drug-likeness (QED) is 0.590. The van der Waals surface area contributed by atoms with Crippen LogP contribution in [0.1, 0.15) is 10.5 Å². The molecule has 2 heterocycles. The summed E-state index contributed by atoms with van der Waals surface area (Å²) in [6.45, 7) is 0. The van der Waals surface area contributed by atoms with Crippen LogP contribution in [0.5, 0.6) is 0 Å². The third-order valence-electron chi connectivity index (χ3n) is 1.64. The lowest BCUT2D eigenvalue weighted by Gasteiger charge is -2.02. The van der Waals surface area contributed by atoms with Crippen molar-refractivity contribution in [3.05, 3.63) is 40.8 Å². The summed E-state index contributed by atoms with van der Waals surface area (Å²) in [5.41, 5.74) is 1.51. The number of nitrogens with zero attached hydrogens (tertiary/aromatic N) is 3. The lowest BCUT2D eigenvalue weighted by atomic mass is 10.3. The van der Waals surface area contributed by atoms with Crippen molar-refractivity contribution in [3.63, 3.8) is 0 Å². The van der Waals surface area contributed by atoms with Crippen molar-refractivity contribution in [1.82, 2.24) is 10.2 Å². The Hall–Kier alpha value is -2.02. The Bertz CT molecular complexity index is 471. The number of pyridine rings is 1. The maximum atomic E-state index is 11.5. The van der Waals surface area contributed by atoms with Crippen LogP contribution >= 0.6 is 11.3 Å². The predicted molar refractivity (Wildman–Crippen MR) is 53.3 cm³/mol. The first-order valence-corrected chi connectivity index (χ1v) is 4.91. The second-order valence-electron chi connectivity index (χ2n) is 2.61. The standard InChI is InChI=1S/C8H6N4O2S/c13-7(10-8-11-9-5-15-8)6-3-1-2-4-12(6)14/h1-5H,(H,10,11,13). The van der Waals surface area contributed by atoms with E-state index in [2.05, 4.69) is 15.5 Å². The molecule has 0 aromatic carbocycles. The number of anilines is 1. The van der Waals surface area contributed by atoms with Gasteiger partial charge < -0.3 is 5.21 Å². The van der Waals surface area contributed by atoms with Crippen molar-refractivity contribution in [3.8, 4) is 0 Å². The van der Waals surface area contributed by atoms with E-state index in [4.69, 9.17) is 0 Å². The first-order chi connectivity index (χ1) is 7.27. The Morgan fingerprint density at radius 1 is 1.53 bits per heavy atom. The molecule has 1 N–H and O–H groups in total. The molecule has 0 saturated heterocycles. The van der Waals surface area contributed by atoms with Gasteiger partial charge in [0.2, 0.25) is 5.13 Å². The maximum Gasteiger partial charge on any atom is 0.323 e. The smallest absolute Gasteiger partial charge is 0.323 e. The van der Waals surface area contributed by atoms with Crippen LogP contribution in [-0.2, 0) is 0 Å². The molecule has 7 heteroatoms. The van der Waals surface area contributed by atoms with E-state index in [1.807, 2.05) is 0 Å². The fourth-order valence-corrected chi connectivity index (χ4v) is 1.43. The Labute approximate surface area is 88.8 Å². The summed E-state index contributed by atoms with van der Waals surface area (Å²) in [5, 5.41) is 21.2. The molecule has 0 fully saturated rings. The van der Waals surface area contributed by atoms with Gasteiger partial charge in [-0.25, -0.2) is 0 Å². The van der Waals surface area contributed by atoms with E-state index >= 15 is 0 Å².